The standard InChI is InChI=1S/C21H29N3O5S3/c1-3-5-11-23(12-6-4-2)17-9-7-16(8-10-17)15-18-19(25)24(21(30)31-18)13-14-32(27,28)29-20(22)26/h7-10,15H,3-6,11-14H2,1-2H3,(H2,22,26). The van der Waals surface area contributed by atoms with Gasteiger partial charge in [0.25, 0.3) is 5.91 Å². The largest absolute Gasteiger partial charge is 0.420 e. The summed E-state index contributed by atoms with van der Waals surface area (Å²) in [5.74, 6) is -0.971. The molecule has 0 saturated carbocycles. The number of rotatable bonds is 12. The Bertz CT molecular complexity index is 953. The van der Waals surface area contributed by atoms with Crippen molar-refractivity contribution in [2.45, 2.75) is 39.5 Å². The molecule has 0 unspecified atom stereocenters. The molecule has 11 heteroatoms. The number of hydrogen-bond donors (Lipinski definition) is 1. The maximum atomic E-state index is 12.7. The lowest BCUT2D eigenvalue weighted by atomic mass is 10.1. The number of carbonyl (C=O) groups is 2. The second-order valence-electron chi connectivity index (χ2n) is 7.28. The van der Waals surface area contributed by atoms with E-state index < -0.39 is 22.0 Å². The Kier molecular flexibility index (Phi) is 9.98. The molecule has 8 nitrogen and oxygen atoms in total. The van der Waals surface area contributed by atoms with Crippen LogP contribution in [0.3, 0.4) is 0 Å². The van der Waals surface area contributed by atoms with Crippen molar-refractivity contribution in [1.82, 2.24) is 4.90 Å². The van der Waals surface area contributed by atoms with Gasteiger partial charge in [0, 0.05) is 25.3 Å². The predicted molar refractivity (Wildman–Crippen MR) is 133 cm³/mol. The van der Waals surface area contributed by atoms with Crippen LogP contribution in [0.1, 0.15) is 45.1 Å². The number of amides is 2. The third-order valence-corrected chi connectivity index (χ3v) is 7.25. The quantitative estimate of drug-likeness (QED) is 0.263. The van der Waals surface area contributed by atoms with Gasteiger partial charge in [-0.15, -0.1) is 0 Å². The van der Waals surface area contributed by atoms with Gasteiger partial charge >= 0.3 is 16.2 Å². The lowest BCUT2D eigenvalue weighted by Crippen LogP contribution is -2.34. The smallest absolute Gasteiger partial charge is 0.372 e. The van der Waals surface area contributed by atoms with E-state index in [0.29, 0.717) is 4.91 Å². The highest BCUT2D eigenvalue weighted by molar-refractivity contribution is 8.26. The van der Waals surface area contributed by atoms with Gasteiger partial charge in [0.2, 0.25) is 0 Å². The van der Waals surface area contributed by atoms with Crippen molar-refractivity contribution >= 4 is 62.2 Å². The molecule has 0 aromatic heterocycles. The Labute approximate surface area is 199 Å². The van der Waals surface area contributed by atoms with E-state index in [0.717, 1.165) is 61.8 Å². The molecule has 1 saturated heterocycles. The minimum atomic E-state index is -4.18. The van der Waals surface area contributed by atoms with Crippen molar-refractivity contribution in [3.05, 3.63) is 34.7 Å². The normalized spacial score (nSPS) is 15.4. The SMILES string of the molecule is CCCCN(CCCC)c1ccc(C=C2SC(=S)N(CCS(=O)(=O)OC(N)=O)C2=O)cc1. The Morgan fingerprint density at radius 3 is 2.31 bits per heavy atom. The first-order valence-electron chi connectivity index (χ1n) is 10.5. The molecular formula is C21H29N3O5S3. The highest BCUT2D eigenvalue weighted by atomic mass is 32.2. The summed E-state index contributed by atoms with van der Waals surface area (Å²) in [5, 5.41) is 0. The van der Waals surface area contributed by atoms with Crippen molar-refractivity contribution in [3.8, 4) is 0 Å². The molecule has 176 valence electrons. The van der Waals surface area contributed by atoms with Gasteiger partial charge in [-0.05, 0) is 36.6 Å². The van der Waals surface area contributed by atoms with Crippen LogP contribution in [0.2, 0.25) is 0 Å². The third-order valence-electron chi connectivity index (χ3n) is 4.77. The summed E-state index contributed by atoms with van der Waals surface area (Å²) in [6.45, 7) is 6.16. The number of hydrogen-bond acceptors (Lipinski definition) is 8. The van der Waals surface area contributed by atoms with E-state index in [-0.39, 0.29) is 16.8 Å². The number of unbranched alkanes of at least 4 members (excludes halogenated alkanes) is 2. The lowest BCUT2D eigenvalue weighted by molar-refractivity contribution is -0.121. The van der Waals surface area contributed by atoms with E-state index in [4.69, 9.17) is 18.0 Å². The first-order chi connectivity index (χ1) is 15.2. The van der Waals surface area contributed by atoms with Crippen LogP contribution < -0.4 is 10.6 Å². The molecule has 1 fully saturated rings. The fourth-order valence-electron chi connectivity index (χ4n) is 3.06. The van der Waals surface area contributed by atoms with E-state index >= 15 is 0 Å². The van der Waals surface area contributed by atoms with E-state index in [9.17, 15) is 18.0 Å². The van der Waals surface area contributed by atoms with Gasteiger partial charge in [0.15, 0.2) is 0 Å². The molecule has 0 bridgehead atoms. The number of nitrogens with zero attached hydrogens (tertiary/aromatic N) is 2. The number of benzene rings is 1. The summed E-state index contributed by atoms with van der Waals surface area (Å²) in [4.78, 5) is 27.3. The van der Waals surface area contributed by atoms with Gasteiger partial charge in [-0.2, -0.15) is 8.42 Å². The number of thiocarbonyl (C=S) groups is 1. The van der Waals surface area contributed by atoms with E-state index in [1.807, 2.05) is 24.3 Å². The summed E-state index contributed by atoms with van der Waals surface area (Å²) in [6, 6.07) is 8.01. The molecule has 2 rings (SSSR count). The fourth-order valence-corrected chi connectivity index (χ4v) is 5.11. The first-order valence-corrected chi connectivity index (χ1v) is 13.3. The van der Waals surface area contributed by atoms with Crippen molar-refractivity contribution in [3.63, 3.8) is 0 Å². The molecule has 1 aromatic carbocycles. The molecule has 1 aliphatic rings. The third kappa shape index (κ3) is 7.79. The minimum absolute atomic E-state index is 0.222. The van der Waals surface area contributed by atoms with Gasteiger partial charge in [-0.3, -0.25) is 9.69 Å². The molecule has 0 atom stereocenters. The van der Waals surface area contributed by atoms with Crippen LogP contribution in [-0.2, 0) is 19.1 Å². The molecule has 2 amide bonds. The molecule has 32 heavy (non-hydrogen) atoms. The van der Waals surface area contributed by atoms with Crippen LogP contribution >= 0.6 is 24.0 Å². The predicted octanol–water partition coefficient (Wildman–Crippen LogP) is 3.72. The van der Waals surface area contributed by atoms with Crippen molar-refractivity contribution < 1.29 is 22.2 Å². The van der Waals surface area contributed by atoms with Gasteiger partial charge < -0.3 is 14.8 Å². The molecule has 0 spiro atoms. The molecular weight excluding hydrogens is 470 g/mol. The van der Waals surface area contributed by atoms with Gasteiger partial charge in [0.05, 0.1) is 4.91 Å². The summed E-state index contributed by atoms with van der Waals surface area (Å²) < 4.78 is 27.7. The molecule has 1 aromatic rings. The number of anilines is 1. The van der Waals surface area contributed by atoms with Crippen LogP contribution in [-0.4, -0.2) is 55.0 Å². The van der Waals surface area contributed by atoms with Gasteiger partial charge in [0.1, 0.15) is 10.1 Å². The molecule has 2 N–H and O–H groups in total. The number of thioether (sulfide) groups is 1. The van der Waals surface area contributed by atoms with Crippen LogP contribution in [0.4, 0.5) is 10.5 Å². The van der Waals surface area contributed by atoms with Crippen LogP contribution in [0.15, 0.2) is 29.2 Å². The zero-order valence-electron chi connectivity index (χ0n) is 18.3. The molecule has 0 radical (unpaired) electrons. The lowest BCUT2D eigenvalue weighted by Gasteiger charge is -2.24. The highest BCUT2D eigenvalue weighted by Crippen LogP contribution is 2.32. The molecule has 1 aliphatic heterocycles. The second kappa shape index (κ2) is 12.2. The van der Waals surface area contributed by atoms with Gasteiger partial charge in [-0.25, -0.2) is 4.79 Å². The summed E-state index contributed by atoms with van der Waals surface area (Å²) in [6.07, 6.45) is 4.86. The second-order valence-corrected chi connectivity index (χ2v) is 10.6. The fraction of sp³-hybridized carbons (Fsp3) is 0.476. The Hall–Kier alpha value is -2.11. The topological polar surface area (TPSA) is 110 Å². The van der Waals surface area contributed by atoms with Crippen LogP contribution in [0.5, 0.6) is 0 Å². The Morgan fingerprint density at radius 1 is 1.19 bits per heavy atom. The van der Waals surface area contributed by atoms with Crippen LogP contribution in [0.25, 0.3) is 6.08 Å². The first kappa shape index (κ1) is 26.1. The molecule has 0 aliphatic carbocycles. The highest BCUT2D eigenvalue weighted by Gasteiger charge is 2.33. The molecule has 1 heterocycles. The summed E-state index contributed by atoms with van der Waals surface area (Å²) >= 11 is 6.32. The monoisotopic (exact) mass is 499 g/mol. The number of primary amides is 1. The zero-order valence-corrected chi connectivity index (χ0v) is 20.7. The van der Waals surface area contributed by atoms with Crippen molar-refractivity contribution in [1.29, 1.82) is 0 Å². The zero-order chi connectivity index (χ0) is 23.7. The number of nitrogens with two attached hydrogens (primary N) is 1. The van der Waals surface area contributed by atoms with Gasteiger partial charge in [-0.1, -0.05) is 62.8 Å². The van der Waals surface area contributed by atoms with Crippen LogP contribution in [0, 0.1) is 0 Å². The summed E-state index contributed by atoms with van der Waals surface area (Å²) in [5.41, 5.74) is 6.74. The maximum absolute atomic E-state index is 12.7. The average Bonchev–Trinajstić information content (AvgIpc) is 2.99. The van der Waals surface area contributed by atoms with E-state index in [2.05, 4.69) is 22.9 Å². The van der Waals surface area contributed by atoms with Crippen molar-refractivity contribution in [2.24, 2.45) is 5.73 Å². The maximum Gasteiger partial charge on any atom is 0.420 e. The Balaban J connectivity index is 2.07. The summed E-state index contributed by atoms with van der Waals surface area (Å²) in [7, 11) is -4.18. The Morgan fingerprint density at radius 2 is 1.78 bits per heavy atom. The van der Waals surface area contributed by atoms with Crippen molar-refractivity contribution in [2.75, 3.05) is 30.3 Å². The van der Waals surface area contributed by atoms with E-state index in [1.165, 1.54) is 4.90 Å². The minimum Gasteiger partial charge on any atom is -0.372 e. The average molecular weight is 500 g/mol. The number of carbonyl (C=O) groups excluding carboxylic acids is 2. The van der Waals surface area contributed by atoms with E-state index in [1.54, 1.807) is 6.08 Å².